The van der Waals surface area contributed by atoms with Gasteiger partial charge in [0.15, 0.2) is 11.6 Å². The van der Waals surface area contributed by atoms with E-state index in [1.165, 1.54) is 38.5 Å². The molecule has 150 valence electrons. The molecule has 2 aliphatic rings. The normalized spacial score (nSPS) is 25.9. The lowest BCUT2D eigenvalue weighted by molar-refractivity contribution is 0.189. The number of benzene rings is 1. The molecule has 1 saturated carbocycles. The summed E-state index contributed by atoms with van der Waals surface area (Å²) in [5.41, 5.74) is 1.38. The van der Waals surface area contributed by atoms with Crippen molar-refractivity contribution >= 4 is 5.57 Å². The Morgan fingerprint density at radius 1 is 0.926 bits per heavy atom. The fourth-order valence-electron chi connectivity index (χ4n) is 4.99. The quantitative estimate of drug-likeness (QED) is 0.477. The zero-order valence-electron chi connectivity index (χ0n) is 16.9. The Hall–Kier alpha value is -1.38. The monoisotopic (exact) mass is 376 g/mol. The summed E-state index contributed by atoms with van der Waals surface area (Å²) in [5.74, 6) is 0.896. The lowest BCUT2D eigenvalue weighted by atomic mass is 9.70. The second-order valence-electron chi connectivity index (χ2n) is 8.42. The number of hydrogen-bond donors (Lipinski definition) is 0. The van der Waals surface area contributed by atoms with E-state index in [1.807, 2.05) is 6.92 Å². The van der Waals surface area contributed by atoms with E-state index in [0.717, 1.165) is 49.0 Å². The molecule has 1 unspecified atom stereocenters. The first kappa shape index (κ1) is 20.4. The van der Waals surface area contributed by atoms with Gasteiger partial charge in [-0.05, 0) is 74.0 Å². The SMILES string of the molecule is CCCOc1ccc(C2=CCC(C3CCC(CCC)CC3)CC2)c(F)c1F. The van der Waals surface area contributed by atoms with Crippen molar-refractivity contribution in [3.63, 3.8) is 0 Å². The molecule has 0 heterocycles. The zero-order chi connectivity index (χ0) is 19.2. The van der Waals surface area contributed by atoms with Gasteiger partial charge in [-0.3, -0.25) is 0 Å². The molecule has 0 radical (unpaired) electrons. The standard InChI is InChI=1S/C24H34F2O/c1-3-5-17-6-8-18(9-7-17)19-10-12-20(13-11-19)21-14-15-22(27-16-4-2)24(26)23(21)25/h12,14-15,17-19H,3-11,13,16H2,1-2H3. The highest BCUT2D eigenvalue weighted by atomic mass is 19.2. The van der Waals surface area contributed by atoms with Crippen LogP contribution in [0.1, 0.15) is 83.6 Å². The van der Waals surface area contributed by atoms with Crippen LogP contribution in [0.15, 0.2) is 18.2 Å². The molecule has 27 heavy (non-hydrogen) atoms. The fraction of sp³-hybridized carbons (Fsp3) is 0.667. The van der Waals surface area contributed by atoms with Crippen molar-refractivity contribution in [1.82, 2.24) is 0 Å². The Morgan fingerprint density at radius 2 is 1.70 bits per heavy atom. The van der Waals surface area contributed by atoms with Crippen molar-refractivity contribution in [2.75, 3.05) is 6.61 Å². The third-order valence-corrected chi connectivity index (χ3v) is 6.56. The molecule has 0 aliphatic heterocycles. The highest BCUT2D eigenvalue weighted by Crippen LogP contribution is 2.42. The molecule has 1 atom stereocenters. The summed E-state index contributed by atoms with van der Waals surface area (Å²) in [6.07, 6.45) is 14.0. The predicted molar refractivity (Wildman–Crippen MR) is 108 cm³/mol. The smallest absolute Gasteiger partial charge is 0.201 e. The topological polar surface area (TPSA) is 9.23 Å². The van der Waals surface area contributed by atoms with E-state index in [0.29, 0.717) is 12.2 Å². The van der Waals surface area contributed by atoms with Crippen molar-refractivity contribution in [2.45, 2.75) is 78.1 Å². The van der Waals surface area contributed by atoms with Gasteiger partial charge in [0.05, 0.1) is 6.61 Å². The average Bonchev–Trinajstić information content (AvgIpc) is 2.70. The molecule has 0 bridgehead atoms. The minimum atomic E-state index is -0.849. The van der Waals surface area contributed by atoms with Gasteiger partial charge in [-0.25, -0.2) is 4.39 Å². The molecule has 3 rings (SSSR count). The van der Waals surface area contributed by atoms with Crippen LogP contribution in [0.5, 0.6) is 5.75 Å². The molecule has 1 fully saturated rings. The van der Waals surface area contributed by atoms with E-state index in [2.05, 4.69) is 13.0 Å². The van der Waals surface area contributed by atoms with Crippen molar-refractivity contribution in [3.8, 4) is 5.75 Å². The number of hydrogen-bond acceptors (Lipinski definition) is 1. The molecule has 2 aliphatic carbocycles. The Morgan fingerprint density at radius 3 is 2.33 bits per heavy atom. The van der Waals surface area contributed by atoms with E-state index in [1.54, 1.807) is 12.1 Å². The van der Waals surface area contributed by atoms with E-state index in [-0.39, 0.29) is 5.75 Å². The van der Waals surface area contributed by atoms with Crippen LogP contribution in [0.3, 0.4) is 0 Å². The van der Waals surface area contributed by atoms with E-state index >= 15 is 0 Å². The van der Waals surface area contributed by atoms with Gasteiger partial charge in [0.25, 0.3) is 0 Å². The summed E-state index contributed by atoms with van der Waals surface area (Å²) in [4.78, 5) is 0. The van der Waals surface area contributed by atoms with Crippen LogP contribution in [0.4, 0.5) is 8.78 Å². The molecule has 1 aromatic rings. The number of rotatable bonds is 7. The van der Waals surface area contributed by atoms with Gasteiger partial charge in [0, 0.05) is 5.56 Å². The Bertz CT molecular complexity index is 644. The molecule has 1 nitrogen and oxygen atoms in total. The number of ether oxygens (including phenoxy) is 1. The van der Waals surface area contributed by atoms with E-state index in [9.17, 15) is 8.78 Å². The van der Waals surface area contributed by atoms with Crippen LogP contribution >= 0.6 is 0 Å². The largest absolute Gasteiger partial charge is 0.490 e. The van der Waals surface area contributed by atoms with Gasteiger partial charge in [-0.2, -0.15) is 4.39 Å². The highest BCUT2D eigenvalue weighted by molar-refractivity contribution is 5.67. The number of halogens is 2. The molecular formula is C24H34F2O. The second kappa shape index (κ2) is 9.71. The van der Waals surface area contributed by atoms with Gasteiger partial charge < -0.3 is 4.74 Å². The lowest BCUT2D eigenvalue weighted by Crippen LogP contribution is -2.23. The van der Waals surface area contributed by atoms with Crippen molar-refractivity contribution < 1.29 is 13.5 Å². The summed E-state index contributed by atoms with van der Waals surface area (Å²) < 4.78 is 34.1. The lowest BCUT2D eigenvalue weighted by Gasteiger charge is -2.35. The van der Waals surface area contributed by atoms with Crippen molar-refractivity contribution in [1.29, 1.82) is 0 Å². The maximum absolute atomic E-state index is 14.5. The van der Waals surface area contributed by atoms with Crippen molar-refractivity contribution in [2.24, 2.45) is 17.8 Å². The van der Waals surface area contributed by atoms with E-state index in [4.69, 9.17) is 4.74 Å². The summed E-state index contributed by atoms with van der Waals surface area (Å²) in [7, 11) is 0. The summed E-state index contributed by atoms with van der Waals surface area (Å²) in [5, 5.41) is 0. The maximum Gasteiger partial charge on any atom is 0.201 e. The van der Waals surface area contributed by atoms with Crippen LogP contribution in [0.2, 0.25) is 0 Å². The molecule has 0 aromatic heterocycles. The van der Waals surface area contributed by atoms with Gasteiger partial charge in [0.2, 0.25) is 5.82 Å². The highest BCUT2D eigenvalue weighted by Gasteiger charge is 2.29. The Kier molecular flexibility index (Phi) is 7.32. The molecule has 0 amide bonds. The van der Waals surface area contributed by atoms with E-state index < -0.39 is 11.6 Å². The minimum absolute atomic E-state index is 0.0243. The Balaban J connectivity index is 1.61. The minimum Gasteiger partial charge on any atom is -0.490 e. The second-order valence-corrected chi connectivity index (χ2v) is 8.42. The first-order valence-electron chi connectivity index (χ1n) is 10.9. The summed E-state index contributed by atoms with van der Waals surface area (Å²) in [6, 6.07) is 3.26. The van der Waals surface area contributed by atoms with Crippen LogP contribution < -0.4 is 4.74 Å². The van der Waals surface area contributed by atoms with Crippen LogP contribution in [0.25, 0.3) is 5.57 Å². The van der Waals surface area contributed by atoms with Gasteiger partial charge >= 0.3 is 0 Å². The van der Waals surface area contributed by atoms with Crippen LogP contribution in [0, 0.1) is 29.4 Å². The predicted octanol–water partition coefficient (Wildman–Crippen LogP) is 7.54. The molecule has 0 saturated heterocycles. The summed E-state index contributed by atoms with van der Waals surface area (Å²) in [6.45, 7) is 4.63. The van der Waals surface area contributed by atoms with Gasteiger partial charge in [-0.1, -0.05) is 45.6 Å². The molecule has 1 aromatic carbocycles. The third kappa shape index (κ3) is 4.92. The van der Waals surface area contributed by atoms with Crippen LogP contribution in [-0.2, 0) is 0 Å². The van der Waals surface area contributed by atoms with Crippen LogP contribution in [-0.4, -0.2) is 6.61 Å². The molecule has 3 heteroatoms. The van der Waals surface area contributed by atoms with Gasteiger partial charge in [-0.15, -0.1) is 0 Å². The maximum atomic E-state index is 14.5. The zero-order valence-corrected chi connectivity index (χ0v) is 16.9. The number of allylic oxidation sites excluding steroid dienone is 2. The first-order valence-corrected chi connectivity index (χ1v) is 10.9. The third-order valence-electron chi connectivity index (χ3n) is 6.56. The average molecular weight is 377 g/mol. The van der Waals surface area contributed by atoms with Crippen molar-refractivity contribution in [3.05, 3.63) is 35.4 Å². The van der Waals surface area contributed by atoms with Gasteiger partial charge in [0.1, 0.15) is 0 Å². The molecule has 0 spiro atoms. The Labute approximate surface area is 163 Å². The molecule has 0 N–H and O–H groups in total. The fourth-order valence-corrected chi connectivity index (χ4v) is 4.99. The molecular weight excluding hydrogens is 342 g/mol. The summed E-state index contributed by atoms with van der Waals surface area (Å²) >= 11 is 0. The first-order chi connectivity index (χ1) is 13.1.